The Morgan fingerprint density at radius 2 is 2.00 bits per heavy atom. The quantitative estimate of drug-likeness (QED) is 0.391. The van der Waals surface area contributed by atoms with E-state index in [2.05, 4.69) is 32.3 Å². The minimum absolute atomic E-state index is 0. The number of carbonyl (C=O) groups is 1. The fraction of sp³-hybridized carbons (Fsp3) is 0.875. The summed E-state index contributed by atoms with van der Waals surface area (Å²) in [5, 5.41) is 6.12. The molecule has 2 fully saturated rings. The van der Waals surface area contributed by atoms with Crippen LogP contribution in [0, 0.1) is 0 Å². The van der Waals surface area contributed by atoms with Gasteiger partial charge in [0, 0.05) is 36.7 Å². The van der Waals surface area contributed by atoms with Crippen molar-refractivity contribution in [1.29, 1.82) is 0 Å². The highest BCUT2D eigenvalue weighted by atomic mass is 127. The molecule has 7 heteroatoms. The number of hydrogen-bond donors (Lipinski definition) is 2. The van der Waals surface area contributed by atoms with Crippen LogP contribution in [0.4, 0.5) is 0 Å². The Balaban J connectivity index is 0.00000264. The monoisotopic (exact) mass is 454 g/mol. The van der Waals surface area contributed by atoms with Gasteiger partial charge < -0.3 is 15.5 Å². The van der Waals surface area contributed by atoms with Crippen LogP contribution >= 0.6 is 35.7 Å². The van der Waals surface area contributed by atoms with Crippen molar-refractivity contribution in [3.8, 4) is 0 Å². The van der Waals surface area contributed by atoms with Gasteiger partial charge in [-0.05, 0) is 26.7 Å². The summed E-state index contributed by atoms with van der Waals surface area (Å²) in [6, 6.07) is 0.174. The molecular formula is C16H31IN4OS. The maximum Gasteiger partial charge on any atom is 0.239 e. The van der Waals surface area contributed by atoms with Gasteiger partial charge in [0.25, 0.3) is 0 Å². The molecule has 1 heterocycles. The van der Waals surface area contributed by atoms with Gasteiger partial charge in [-0.15, -0.1) is 24.0 Å². The number of halogens is 1. The van der Waals surface area contributed by atoms with Crippen LogP contribution in [0.15, 0.2) is 4.99 Å². The van der Waals surface area contributed by atoms with Gasteiger partial charge in [-0.1, -0.05) is 19.3 Å². The molecule has 1 aliphatic heterocycles. The van der Waals surface area contributed by atoms with Crippen molar-refractivity contribution >= 4 is 47.6 Å². The Hall–Kier alpha value is -0.180. The normalized spacial score (nSPS) is 21.0. The number of rotatable bonds is 3. The van der Waals surface area contributed by atoms with E-state index in [0.29, 0.717) is 11.3 Å². The summed E-state index contributed by atoms with van der Waals surface area (Å²) in [5.41, 5.74) is 0. The van der Waals surface area contributed by atoms with E-state index in [4.69, 9.17) is 0 Å². The molecule has 1 saturated heterocycles. The molecule has 2 aliphatic rings. The number of thioether (sulfide) groups is 1. The molecule has 5 nitrogen and oxygen atoms in total. The zero-order chi connectivity index (χ0) is 16.0. The number of amides is 1. The summed E-state index contributed by atoms with van der Waals surface area (Å²) >= 11 is 2.15. The first-order chi connectivity index (χ1) is 10.5. The SMILES string of the molecule is CN=C(NCC(=O)NC(C)C)N1CCSC2(CCCCC2)C1.I. The summed E-state index contributed by atoms with van der Waals surface area (Å²) in [6.07, 6.45) is 6.72. The Labute approximate surface area is 161 Å². The van der Waals surface area contributed by atoms with Crippen molar-refractivity contribution in [1.82, 2.24) is 15.5 Å². The number of guanidine groups is 1. The molecule has 1 saturated carbocycles. The van der Waals surface area contributed by atoms with Crippen LogP contribution in [-0.4, -0.2) is 60.0 Å². The summed E-state index contributed by atoms with van der Waals surface area (Å²) in [5.74, 6) is 2.04. The minimum Gasteiger partial charge on any atom is -0.352 e. The molecule has 0 atom stereocenters. The van der Waals surface area contributed by atoms with Crippen LogP contribution in [-0.2, 0) is 4.79 Å². The molecule has 134 valence electrons. The van der Waals surface area contributed by atoms with E-state index in [1.807, 2.05) is 13.8 Å². The van der Waals surface area contributed by atoms with Crippen LogP contribution in [0.2, 0.25) is 0 Å². The summed E-state index contributed by atoms with van der Waals surface area (Å²) in [4.78, 5) is 18.5. The van der Waals surface area contributed by atoms with Crippen molar-refractivity contribution in [2.45, 2.75) is 56.7 Å². The highest BCUT2D eigenvalue weighted by Crippen LogP contribution is 2.42. The molecule has 1 aliphatic carbocycles. The van der Waals surface area contributed by atoms with Gasteiger partial charge in [-0.25, -0.2) is 0 Å². The molecule has 0 unspecified atom stereocenters. The predicted molar refractivity (Wildman–Crippen MR) is 110 cm³/mol. The van der Waals surface area contributed by atoms with Crippen LogP contribution in [0.5, 0.6) is 0 Å². The van der Waals surface area contributed by atoms with Crippen molar-refractivity contribution in [2.24, 2.45) is 4.99 Å². The number of aliphatic imine (C=N–C) groups is 1. The smallest absolute Gasteiger partial charge is 0.239 e. The van der Waals surface area contributed by atoms with Gasteiger partial charge in [-0.2, -0.15) is 11.8 Å². The van der Waals surface area contributed by atoms with E-state index in [0.717, 1.165) is 24.8 Å². The van der Waals surface area contributed by atoms with E-state index in [1.165, 1.54) is 32.1 Å². The van der Waals surface area contributed by atoms with Gasteiger partial charge >= 0.3 is 0 Å². The third-order valence-electron chi connectivity index (χ3n) is 4.38. The largest absolute Gasteiger partial charge is 0.352 e. The van der Waals surface area contributed by atoms with Gasteiger partial charge in [-0.3, -0.25) is 9.79 Å². The van der Waals surface area contributed by atoms with Crippen LogP contribution < -0.4 is 10.6 Å². The van der Waals surface area contributed by atoms with Gasteiger partial charge in [0.2, 0.25) is 5.91 Å². The first-order valence-corrected chi connectivity index (χ1v) is 9.42. The van der Waals surface area contributed by atoms with Crippen LogP contribution in [0.3, 0.4) is 0 Å². The molecule has 0 aromatic rings. The molecule has 2 rings (SSSR count). The molecule has 1 amide bonds. The lowest BCUT2D eigenvalue weighted by molar-refractivity contribution is -0.120. The molecule has 2 N–H and O–H groups in total. The van der Waals surface area contributed by atoms with E-state index < -0.39 is 0 Å². The number of carbonyl (C=O) groups excluding carboxylic acids is 1. The summed E-state index contributed by atoms with van der Waals surface area (Å²) in [7, 11) is 1.80. The maximum atomic E-state index is 11.8. The predicted octanol–water partition coefficient (Wildman–Crippen LogP) is 2.46. The molecule has 1 spiro atoms. The second kappa shape index (κ2) is 9.96. The minimum atomic E-state index is 0. The average Bonchev–Trinajstić information content (AvgIpc) is 2.48. The van der Waals surface area contributed by atoms with Gasteiger partial charge in [0.1, 0.15) is 0 Å². The lowest BCUT2D eigenvalue weighted by atomic mass is 9.87. The molecule has 0 aromatic heterocycles. The first-order valence-electron chi connectivity index (χ1n) is 8.43. The Bertz CT molecular complexity index is 405. The summed E-state index contributed by atoms with van der Waals surface area (Å²) < 4.78 is 0.411. The van der Waals surface area contributed by atoms with Crippen molar-refractivity contribution in [2.75, 3.05) is 32.4 Å². The van der Waals surface area contributed by atoms with Gasteiger partial charge in [0.05, 0.1) is 6.54 Å². The van der Waals surface area contributed by atoms with E-state index in [-0.39, 0.29) is 35.9 Å². The highest BCUT2D eigenvalue weighted by molar-refractivity contribution is 14.0. The average molecular weight is 454 g/mol. The fourth-order valence-corrected chi connectivity index (χ4v) is 4.96. The van der Waals surface area contributed by atoms with Crippen molar-refractivity contribution in [3.63, 3.8) is 0 Å². The number of nitrogens with zero attached hydrogens (tertiary/aromatic N) is 2. The van der Waals surface area contributed by atoms with Gasteiger partial charge in [0.15, 0.2) is 5.96 Å². The Morgan fingerprint density at radius 3 is 2.61 bits per heavy atom. The van der Waals surface area contributed by atoms with E-state index >= 15 is 0 Å². The molecule has 23 heavy (non-hydrogen) atoms. The summed E-state index contributed by atoms with van der Waals surface area (Å²) in [6.45, 7) is 6.31. The second-order valence-electron chi connectivity index (χ2n) is 6.64. The lowest BCUT2D eigenvalue weighted by Gasteiger charge is -2.45. The second-order valence-corrected chi connectivity index (χ2v) is 8.20. The van der Waals surface area contributed by atoms with Crippen molar-refractivity contribution < 1.29 is 4.79 Å². The van der Waals surface area contributed by atoms with E-state index in [1.54, 1.807) is 7.05 Å². The zero-order valence-electron chi connectivity index (χ0n) is 14.6. The molecule has 0 radical (unpaired) electrons. The number of hydrogen-bond acceptors (Lipinski definition) is 3. The highest BCUT2D eigenvalue weighted by Gasteiger charge is 2.38. The third kappa shape index (κ3) is 6.32. The molecule has 0 bridgehead atoms. The molecule has 0 aromatic carbocycles. The standard InChI is InChI=1S/C16H30N4OS.HI/c1-13(2)19-14(21)11-18-15(17-3)20-9-10-22-16(12-20)7-5-4-6-8-16;/h13H,4-12H2,1-3H3,(H,17,18)(H,19,21);1H. The fourth-order valence-electron chi connectivity index (χ4n) is 3.39. The van der Waals surface area contributed by atoms with E-state index in [9.17, 15) is 4.79 Å². The third-order valence-corrected chi connectivity index (χ3v) is 5.92. The Kier molecular flexibility index (Phi) is 9.03. The first kappa shape index (κ1) is 20.9. The van der Waals surface area contributed by atoms with Crippen LogP contribution in [0.25, 0.3) is 0 Å². The zero-order valence-corrected chi connectivity index (χ0v) is 17.7. The van der Waals surface area contributed by atoms with Crippen molar-refractivity contribution in [3.05, 3.63) is 0 Å². The number of nitrogens with one attached hydrogen (secondary N) is 2. The topological polar surface area (TPSA) is 56.7 Å². The maximum absolute atomic E-state index is 11.8. The Morgan fingerprint density at radius 1 is 1.30 bits per heavy atom. The molecular weight excluding hydrogens is 423 g/mol. The van der Waals surface area contributed by atoms with Crippen LogP contribution in [0.1, 0.15) is 46.0 Å². The lowest BCUT2D eigenvalue weighted by Crippen LogP contribution is -2.54.